The average molecular weight is 491 g/mol. The minimum absolute atomic E-state index is 0.0280. The van der Waals surface area contributed by atoms with Crippen LogP contribution < -0.4 is 5.32 Å². The zero-order chi connectivity index (χ0) is 26.0. The Kier molecular flexibility index (Phi) is 7.21. The summed E-state index contributed by atoms with van der Waals surface area (Å²) >= 11 is 0. The smallest absolute Gasteiger partial charge is 0.254 e. The first-order chi connectivity index (χ1) is 17.1. The molecule has 0 bridgehead atoms. The maximum Gasteiger partial charge on any atom is 0.254 e. The van der Waals surface area contributed by atoms with Gasteiger partial charge in [-0.1, -0.05) is 0 Å². The predicted octanol–water partition coefficient (Wildman–Crippen LogP) is 3.86. The minimum Gasteiger partial charge on any atom is -0.449 e. The topological polar surface area (TPSA) is 128 Å². The van der Waals surface area contributed by atoms with Crippen LogP contribution in [0.3, 0.4) is 0 Å². The normalized spacial score (nSPS) is 14.7. The second kappa shape index (κ2) is 10.2. The summed E-state index contributed by atoms with van der Waals surface area (Å²) in [5.41, 5.74) is 3.01. The number of aromatic nitrogens is 3. The third kappa shape index (κ3) is 5.46. The Morgan fingerprint density at radius 2 is 1.94 bits per heavy atom. The van der Waals surface area contributed by atoms with E-state index in [-0.39, 0.29) is 17.4 Å². The maximum absolute atomic E-state index is 13.5. The van der Waals surface area contributed by atoms with Gasteiger partial charge in [-0.2, -0.15) is 0 Å². The number of nitrogens with one attached hydrogen (secondary N) is 2. The molecule has 0 atom stereocenters. The number of likely N-dealkylation sites (tertiary alicyclic amines) is 1. The summed E-state index contributed by atoms with van der Waals surface area (Å²) in [5.74, 6) is 1.36. The van der Waals surface area contributed by atoms with Gasteiger partial charge in [-0.05, 0) is 69.7 Å². The van der Waals surface area contributed by atoms with Crippen molar-refractivity contribution in [3.63, 3.8) is 0 Å². The zero-order valence-corrected chi connectivity index (χ0v) is 21.6. The standard InChI is InChI=1S/C27H34N6O3/c1-16-12-23(29-5)21(24(28)22-6-9-30-26(32-22)27(3,4)35)14-20(16)25(34)33-10-7-18(8-11-33)13-19-15-36-17(2)31-19/h6,9,12,14-15,18,28-29,35H,7-8,10-11,13H2,1-5H3. The van der Waals surface area contributed by atoms with Gasteiger partial charge in [-0.25, -0.2) is 15.0 Å². The molecular formula is C27H34N6O3. The molecule has 1 aromatic carbocycles. The van der Waals surface area contributed by atoms with Crippen LogP contribution >= 0.6 is 0 Å². The van der Waals surface area contributed by atoms with Crippen molar-refractivity contribution in [3.05, 3.63) is 70.5 Å². The average Bonchev–Trinajstić information content (AvgIpc) is 3.27. The fraction of sp³-hybridized carbons (Fsp3) is 0.444. The van der Waals surface area contributed by atoms with E-state index in [9.17, 15) is 9.90 Å². The Bertz CT molecular complexity index is 1270. The number of benzene rings is 1. The van der Waals surface area contributed by atoms with Crippen LogP contribution in [0.1, 0.15) is 71.3 Å². The van der Waals surface area contributed by atoms with E-state index in [1.54, 1.807) is 39.3 Å². The summed E-state index contributed by atoms with van der Waals surface area (Å²) in [5, 5.41) is 22.3. The molecule has 0 saturated carbocycles. The maximum atomic E-state index is 13.5. The van der Waals surface area contributed by atoms with E-state index in [0.717, 1.165) is 36.2 Å². The van der Waals surface area contributed by atoms with Crippen LogP contribution in [0, 0.1) is 25.2 Å². The van der Waals surface area contributed by atoms with Gasteiger partial charge in [0.25, 0.3) is 5.91 Å². The Balaban J connectivity index is 1.54. The second-order valence-corrected chi connectivity index (χ2v) is 9.96. The summed E-state index contributed by atoms with van der Waals surface area (Å²) in [6, 6.07) is 5.32. The molecule has 190 valence electrons. The molecule has 1 aliphatic heterocycles. The van der Waals surface area contributed by atoms with Gasteiger partial charge in [-0.3, -0.25) is 10.2 Å². The van der Waals surface area contributed by atoms with Crippen LogP contribution in [0.25, 0.3) is 0 Å². The summed E-state index contributed by atoms with van der Waals surface area (Å²) in [4.78, 5) is 28.4. The lowest BCUT2D eigenvalue weighted by Crippen LogP contribution is -2.39. The van der Waals surface area contributed by atoms with Gasteiger partial charge in [0.1, 0.15) is 11.9 Å². The van der Waals surface area contributed by atoms with E-state index in [2.05, 4.69) is 20.3 Å². The molecular weight excluding hydrogens is 456 g/mol. The molecule has 1 aliphatic rings. The third-order valence-electron chi connectivity index (χ3n) is 6.66. The Hall–Kier alpha value is -3.59. The van der Waals surface area contributed by atoms with Gasteiger partial charge in [-0.15, -0.1) is 0 Å². The highest BCUT2D eigenvalue weighted by atomic mass is 16.3. The minimum atomic E-state index is -1.23. The number of oxazole rings is 1. The SMILES string of the molecule is CNc1cc(C)c(C(=O)N2CCC(Cc3coc(C)n3)CC2)cc1C(=N)c1ccnc(C(C)(C)O)n1. The summed E-state index contributed by atoms with van der Waals surface area (Å²) < 4.78 is 5.32. The highest BCUT2D eigenvalue weighted by molar-refractivity contribution is 6.14. The number of carbonyl (C=O) groups excluding carboxylic acids is 1. The van der Waals surface area contributed by atoms with Crippen LogP contribution in [0.5, 0.6) is 0 Å². The third-order valence-corrected chi connectivity index (χ3v) is 6.66. The molecule has 0 aliphatic carbocycles. The predicted molar refractivity (Wildman–Crippen MR) is 138 cm³/mol. The van der Waals surface area contributed by atoms with Crippen molar-refractivity contribution >= 4 is 17.3 Å². The fourth-order valence-electron chi connectivity index (χ4n) is 4.59. The van der Waals surface area contributed by atoms with Gasteiger partial charge >= 0.3 is 0 Å². The molecule has 3 heterocycles. The number of rotatable bonds is 7. The largest absolute Gasteiger partial charge is 0.449 e. The first kappa shape index (κ1) is 25.5. The molecule has 1 amide bonds. The van der Waals surface area contributed by atoms with Crippen LogP contribution in [0.15, 0.2) is 35.1 Å². The quantitative estimate of drug-likeness (QED) is 0.429. The molecule has 2 aromatic heterocycles. The first-order valence-corrected chi connectivity index (χ1v) is 12.2. The number of aliphatic hydroxyl groups is 1. The first-order valence-electron chi connectivity index (χ1n) is 12.2. The van der Waals surface area contributed by atoms with E-state index in [0.29, 0.717) is 41.7 Å². The van der Waals surface area contributed by atoms with Crippen LogP contribution in [-0.4, -0.2) is 56.7 Å². The number of nitrogens with zero attached hydrogens (tertiary/aromatic N) is 4. The highest BCUT2D eigenvalue weighted by Gasteiger charge is 2.27. The van der Waals surface area contributed by atoms with Gasteiger partial charge in [0.15, 0.2) is 11.7 Å². The molecule has 9 nitrogen and oxygen atoms in total. The Morgan fingerprint density at radius 3 is 2.56 bits per heavy atom. The van der Waals surface area contributed by atoms with Crippen LogP contribution in [0.4, 0.5) is 5.69 Å². The molecule has 3 aromatic rings. The number of piperidine rings is 1. The number of amides is 1. The van der Waals surface area contributed by atoms with E-state index < -0.39 is 5.60 Å². The number of anilines is 1. The summed E-state index contributed by atoms with van der Waals surface area (Å²) in [6.45, 7) is 8.33. The van der Waals surface area contributed by atoms with E-state index >= 15 is 0 Å². The van der Waals surface area contributed by atoms with E-state index in [1.165, 1.54) is 6.20 Å². The van der Waals surface area contributed by atoms with E-state index in [1.807, 2.05) is 24.8 Å². The fourth-order valence-corrected chi connectivity index (χ4v) is 4.59. The molecule has 0 spiro atoms. The Labute approximate surface area is 211 Å². The van der Waals surface area contributed by atoms with Gasteiger partial charge in [0.05, 0.1) is 17.1 Å². The van der Waals surface area contributed by atoms with Crippen molar-refractivity contribution in [2.75, 3.05) is 25.5 Å². The number of hydrogen-bond donors (Lipinski definition) is 3. The summed E-state index contributed by atoms with van der Waals surface area (Å²) in [6.07, 6.45) is 5.94. The Morgan fingerprint density at radius 1 is 1.22 bits per heavy atom. The summed E-state index contributed by atoms with van der Waals surface area (Å²) in [7, 11) is 1.79. The number of hydrogen-bond acceptors (Lipinski definition) is 8. The van der Waals surface area contributed by atoms with Crippen molar-refractivity contribution in [1.82, 2.24) is 19.9 Å². The van der Waals surface area contributed by atoms with Gasteiger partial charge in [0, 0.05) is 50.1 Å². The van der Waals surface area contributed by atoms with Crippen LogP contribution in [0.2, 0.25) is 0 Å². The molecule has 3 N–H and O–H groups in total. The molecule has 0 radical (unpaired) electrons. The lowest BCUT2D eigenvalue weighted by atomic mass is 9.91. The van der Waals surface area contributed by atoms with Gasteiger partial charge < -0.3 is 19.7 Å². The molecule has 1 fully saturated rings. The molecule has 4 rings (SSSR count). The molecule has 36 heavy (non-hydrogen) atoms. The monoisotopic (exact) mass is 490 g/mol. The molecule has 9 heteroatoms. The molecule has 0 unspecified atom stereocenters. The van der Waals surface area contributed by atoms with Crippen molar-refractivity contribution in [2.24, 2.45) is 5.92 Å². The lowest BCUT2D eigenvalue weighted by molar-refractivity contribution is 0.0682. The van der Waals surface area contributed by atoms with Crippen molar-refractivity contribution in [1.29, 1.82) is 5.41 Å². The lowest BCUT2D eigenvalue weighted by Gasteiger charge is -2.32. The second-order valence-electron chi connectivity index (χ2n) is 9.96. The number of aryl methyl sites for hydroxylation is 2. The van der Waals surface area contributed by atoms with E-state index in [4.69, 9.17) is 9.83 Å². The zero-order valence-electron chi connectivity index (χ0n) is 21.6. The van der Waals surface area contributed by atoms with Crippen molar-refractivity contribution in [3.8, 4) is 0 Å². The van der Waals surface area contributed by atoms with Crippen molar-refractivity contribution < 1.29 is 14.3 Å². The highest BCUT2D eigenvalue weighted by Crippen LogP contribution is 2.28. The number of carbonyl (C=O) groups is 1. The molecule has 1 saturated heterocycles. The van der Waals surface area contributed by atoms with Crippen molar-refractivity contribution in [2.45, 2.75) is 52.6 Å². The van der Waals surface area contributed by atoms with Crippen LogP contribution in [-0.2, 0) is 12.0 Å². The van der Waals surface area contributed by atoms with Gasteiger partial charge in [0.2, 0.25) is 0 Å².